The van der Waals surface area contributed by atoms with E-state index in [1.165, 1.54) is 5.56 Å². The molecule has 1 aromatic rings. The van der Waals surface area contributed by atoms with Crippen LogP contribution in [-0.2, 0) is 13.1 Å². The SMILES string of the molecule is C=CCN(Cc1cc(CNCC)co1)C(C)(C)C. The second kappa shape index (κ2) is 6.76. The molecule has 0 saturated carbocycles. The average Bonchev–Trinajstić information content (AvgIpc) is 2.72. The van der Waals surface area contributed by atoms with E-state index in [2.05, 4.69) is 50.6 Å². The van der Waals surface area contributed by atoms with Crippen molar-refractivity contribution in [3.05, 3.63) is 36.3 Å². The summed E-state index contributed by atoms with van der Waals surface area (Å²) in [6.45, 7) is 16.1. The van der Waals surface area contributed by atoms with Crippen molar-refractivity contribution in [2.24, 2.45) is 0 Å². The molecule has 0 saturated heterocycles. The third-order valence-corrected chi connectivity index (χ3v) is 2.93. The lowest BCUT2D eigenvalue weighted by molar-refractivity contribution is 0.134. The van der Waals surface area contributed by atoms with Crippen LogP contribution in [0.5, 0.6) is 0 Å². The molecule has 1 heterocycles. The molecular weight excluding hydrogens is 224 g/mol. The van der Waals surface area contributed by atoms with Gasteiger partial charge in [-0.3, -0.25) is 4.90 Å². The Kier molecular flexibility index (Phi) is 5.63. The summed E-state index contributed by atoms with van der Waals surface area (Å²) < 4.78 is 5.62. The first-order valence-corrected chi connectivity index (χ1v) is 6.60. The fourth-order valence-corrected chi connectivity index (χ4v) is 1.79. The number of hydrogen-bond donors (Lipinski definition) is 1. The summed E-state index contributed by atoms with van der Waals surface area (Å²) in [6.07, 6.45) is 3.78. The molecule has 0 bridgehead atoms. The molecule has 0 aliphatic heterocycles. The molecule has 0 amide bonds. The first-order chi connectivity index (χ1) is 8.47. The summed E-state index contributed by atoms with van der Waals surface area (Å²) in [5, 5.41) is 3.30. The Hall–Kier alpha value is -1.06. The summed E-state index contributed by atoms with van der Waals surface area (Å²) in [7, 11) is 0. The summed E-state index contributed by atoms with van der Waals surface area (Å²) in [5.41, 5.74) is 1.32. The fraction of sp³-hybridized carbons (Fsp3) is 0.600. The van der Waals surface area contributed by atoms with Gasteiger partial charge in [0.05, 0.1) is 12.8 Å². The minimum atomic E-state index is 0.114. The van der Waals surface area contributed by atoms with Crippen molar-refractivity contribution >= 4 is 0 Å². The van der Waals surface area contributed by atoms with E-state index in [4.69, 9.17) is 4.42 Å². The summed E-state index contributed by atoms with van der Waals surface area (Å²) in [4.78, 5) is 2.34. The molecule has 1 rings (SSSR count). The van der Waals surface area contributed by atoms with Gasteiger partial charge in [0.1, 0.15) is 5.76 Å². The van der Waals surface area contributed by atoms with Crippen LogP contribution in [0.1, 0.15) is 39.0 Å². The van der Waals surface area contributed by atoms with E-state index < -0.39 is 0 Å². The van der Waals surface area contributed by atoms with Crippen LogP contribution in [0.25, 0.3) is 0 Å². The monoisotopic (exact) mass is 250 g/mol. The van der Waals surface area contributed by atoms with Crippen molar-refractivity contribution in [1.29, 1.82) is 0 Å². The highest BCUT2D eigenvalue weighted by atomic mass is 16.3. The third-order valence-electron chi connectivity index (χ3n) is 2.93. The van der Waals surface area contributed by atoms with Gasteiger partial charge in [-0.15, -0.1) is 6.58 Å². The molecule has 0 radical (unpaired) electrons. The van der Waals surface area contributed by atoms with Gasteiger partial charge < -0.3 is 9.73 Å². The van der Waals surface area contributed by atoms with Crippen LogP contribution in [0.15, 0.2) is 29.4 Å². The molecule has 0 fully saturated rings. The molecule has 3 heteroatoms. The van der Waals surface area contributed by atoms with Crippen molar-refractivity contribution in [1.82, 2.24) is 10.2 Å². The molecule has 0 aliphatic carbocycles. The highest BCUT2D eigenvalue weighted by Gasteiger charge is 2.21. The van der Waals surface area contributed by atoms with Crippen molar-refractivity contribution < 1.29 is 4.42 Å². The molecule has 0 spiro atoms. The quantitative estimate of drug-likeness (QED) is 0.753. The van der Waals surface area contributed by atoms with Crippen molar-refractivity contribution in [2.75, 3.05) is 13.1 Å². The van der Waals surface area contributed by atoms with Gasteiger partial charge in [0, 0.05) is 24.2 Å². The largest absolute Gasteiger partial charge is 0.468 e. The zero-order valence-corrected chi connectivity index (χ0v) is 12.1. The van der Waals surface area contributed by atoms with E-state index in [0.717, 1.165) is 31.9 Å². The Morgan fingerprint density at radius 2 is 2.17 bits per heavy atom. The lowest BCUT2D eigenvalue weighted by atomic mass is 10.1. The Morgan fingerprint density at radius 3 is 2.72 bits per heavy atom. The number of nitrogens with one attached hydrogen (secondary N) is 1. The molecule has 1 aromatic heterocycles. The Bertz CT molecular complexity index is 363. The molecule has 18 heavy (non-hydrogen) atoms. The number of hydrogen-bond acceptors (Lipinski definition) is 3. The minimum absolute atomic E-state index is 0.114. The first kappa shape index (κ1) is 15.0. The van der Waals surface area contributed by atoms with Crippen LogP contribution in [-0.4, -0.2) is 23.5 Å². The van der Waals surface area contributed by atoms with E-state index in [1.807, 2.05) is 12.3 Å². The van der Waals surface area contributed by atoms with Crippen LogP contribution in [0.3, 0.4) is 0 Å². The van der Waals surface area contributed by atoms with Gasteiger partial charge in [-0.2, -0.15) is 0 Å². The average molecular weight is 250 g/mol. The predicted octanol–water partition coefficient (Wildman–Crippen LogP) is 3.18. The van der Waals surface area contributed by atoms with Crippen LogP contribution >= 0.6 is 0 Å². The van der Waals surface area contributed by atoms with Gasteiger partial charge in [-0.05, 0) is 33.4 Å². The molecule has 3 nitrogen and oxygen atoms in total. The first-order valence-electron chi connectivity index (χ1n) is 6.60. The highest BCUT2D eigenvalue weighted by molar-refractivity contribution is 5.13. The molecule has 0 atom stereocenters. The Labute approximate surface area is 111 Å². The van der Waals surface area contributed by atoms with Gasteiger partial charge in [0.15, 0.2) is 0 Å². The van der Waals surface area contributed by atoms with E-state index in [9.17, 15) is 0 Å². The number of furan rings is 1. The van der Waals surface area contributed by atoms with E-state index in [-0.39, 0.29) is 5.54 Å². The van der Waals surface area contributed by atoms with Gasteiger partial charge in [-0.1, -0.05) is 13.0 Å². The highest BCUT2D eigenvalue weighted by Crippen LogP contribution is 2.18. The molecule has 0 aromatic carbocycles. The molecular formula is C15H26N2O. The van der Waals surface area contributed by atoms with Gasteiger partial charge in [0.2, 0.25) is 0 Å². The molecule has 0 aliphatic rings. The fourth-order valence-electron chi connectivity index (χ4n) is 1.79. The Morgan fingerprint density at radius 1 is 1.44 bits per heavy atom. The van der Waals surface area contributed by atoms with Crippen molar-refractivity contribution in [3.8, 4) is 0 Å². The van der Waals surface area contributed by atoms with Crippen molar-refractivity contribution in [3.63, 3.8) is 0 Å². The zero-order chi connectivity index (χ0) is 13.6. The normalized spacial score (nSPS) is 12.1. The zero-order valence-electron chi connectivity index (χ0n) is 12.1. The second-order valence-corrected chi connectivity index (χ2v) is 5.54. The van der Waals surface area contributed by atoms with Crippen LogP contribution in [0.2, 0.25) is 0 Å². The van der Waals surface area contributed by atoms with E-state index in [1.54, 1.807) is 0 Å². The third kappa shape index (κ3) is 4.67. The molecule has 102 valence electrons. The maximum Gasteiger partial charge on any atom is 0.118 e. The molecule has 0 unspecified atom stereocenters. The van der Waals surface area contributed by atoms with Crippen LogP contribution < -0.4 is 5.32 Å². The topological polar surface area (TPSA) is 28.4 Å². The Balaban J connectivity index is 2.63. The lowest BCUT2D eigenvalue weighted by Crippen LogP contribution is -2.40. The van der Waals surface area contributed by atoms with Crippen molar-refractivity contribution in [2.45, 2.75) is 46.3 Å². The standard InChI is InChI=1S/C15H26N2O/c1-6-8-17(15(3,4)5)11-14-9-13(12-18-14)10-16-7-2/h6,9,12,16H,1,7-8,10-11H2,2-5H3. The lowest BCUT2D eigenvalue weighted by Gasteiger charge is -2.34. The second-order valence-electron chi connectivity index (χ2n) is 5.54. The van der Waals surface area contributed by atoms with E-state index in [0.29, 0.717) is 0 Å². The summed E-state index contributed by atoms with van der Waals surface area (Å²) >= 11 is 0. The van der Waals surface area contributed by atoms with E-state index >= 15 is 0 Å². The van der Waals surface area contributed by atoms with Gasteiger partial charge in [-0.25, -0.2) is 0 Å². The predicted molar refractivity (Wildman–Crippen MR) is 76.4 cm³/mol. The minimum Gasteiger partial charge on any atom is -0.468 e. The summed E-state index contributed by atoms with van der Waals surface area (Å²) in [6, 6.07) is 2.13. The van der Waals surface area contributed by atoms with Crippen LogP contribution in [0.4, 0.5) is 0 Å². The number of nitrogens with zero attached hydrogens (tertiary/aromatic N) is 1. The summed E-state index contributed by atoms with van der Waals surface area (Å²) in [5.74, 6) is 1.01. The van der Waals surface area contributed by atoms with Crippen LogP contribution in [0, 0.1) is 0 Å². The van der Waals surface area contributed by atoms with Gasteiger partial charge in [0.25, 0.3) is 0 Å². The maximum atomic E-state index is 5.62. The maximum absolute atomic E-state index is 5.62. The molecule has 1 N–H and O–H groups in total. The van der Waals surface area contributed by atoms with Gasteiger partial charge >= 0.3 is 0 Å². The smallest absolute Gasteiger partial charge is 0.118 e. The number of rotatable bonds is 7.